The number of pyridine rings is 2. The number of nitrogens with one attached hydrogen (secondary N) is 1. The molecule has 11 heteroatoms. The molecule has 2 aromatic carbocycles. The van der Waals surface area contributed by atoms with Gasteiger partial charge in [-0.3, -0.25) is 14.6 Å². The largest absolute Gasteiger partial charge is 0.490 e. The Kier molecular flexibility index (Phi) is 7.75. The van der Waals surface area contributed by atoms with Crippen molar-refractivity contribution in [2.24, 2.45) is 11.7 Å². The number of fused-ring (bicyclic) bond motifs is 2. The summed E-state index contributed by atoms with van der Waals surface area (Å²) in [5.41, 5.74) is 7.34. The quantitative estimate of drug-likeness (QED) is 0.216. The fourth-order valence-electron chi connectivity index (χ4n) is 5.70. The van der Waals surface area contributed by atoms with Crippen LogP contribution in [0.5, 0.6) is 5.75 Å². The Morgan fingerprint density at radius 1 is 1.21 bits per heavy atom. The first-order chi connectivity index (χ1) is 20.5. The zero-order valence-electron chi connectivity index (χ0n) is 23.3. The SMILES string of the molecule is Cc1cnc2c(Cl)cc(C(=O)NCC(O)(c3cc4c(c(-c5cccc(F)c5Cl)n3)OC[C@H]4CCC(N)=O)C3CC3)cc2c1. The number of nitrogens with two attached hydrogens (primary N) is 1. The van der Waals surface area contributed by atoms with Crippen LogP contribution in [0, 0.1) is 18.7 Å². The Morgan fingerprint density at radius 3 is 2.74 bits per heavy atom. The van der Waals surface area contributed by atoms with E-state index in [2.05, 4.69) is 10.3 Å². The normalized spacial score (nSPS) is 17.3. The van der Waals surface area contributed by atoms with E-state index < -0.39 is 23.2 Å². The summed E-state index contributed by atoms with van der Waals surface area (Å²) in [6.07, 6.45) is 3.75. The molecule has 4 aromatic rings. The Hall–Kier alpha value is -3.79. The van der Waals surface area contributed by atoms with E-state index in [-0.39, 0.29) is 42.1 Å². The lowest BCUT2D eigenvalue weighted by Crippen LogP contribution is -2.43. The lowest BCUT2D eigenvalue weighted by Gasteiger charge is -2.29. The van der Waals surface area contributed by atoms with Gasteiger partial charge in [0.15, 0.2) is 0 Å². The molecule has 43 heavy (non-hydrogen) atoms. The van der Waals surface area contributed by atoms with Gasteiger partial charge in [-0.05, 0) is 68.0 Å². The first-order valence-corrected chi connectivity index (χ1v) is 14.8. The molecular formula is C32H29Cl2FN4O4. The molecule has 8 nitrogen and oxygen atoms in total. The van der Waals surface area contributed by atoms with Crippen LogP contribution in [0.2, 0.25) is 10.0 Å². The molecule has 3 heterocycles. The maximum atomic E-state index is 14.5. The number of benzene rings is 2. The van der Waals surface area contributed by atoms with E-state index in [0.29, 0.717) is 39.5 Å². The number of primary amides is 1. The molecule has 1 fully saturated rings. The van der Waals surface area contributed by atoms with Crippen LogP contribution in [0.15, 0.2) is 48.7 Å². The molecule has 0 radical (unpaired) electrons. The highest BCUT2D eigenvalue weighted by molar-refractivity contribution is 6.35. The fraction of sp³-hybridized carbons (Fsp3) is 0.312. The molecule has 2 aromatic heterocycles. The second-order valence-corrected chi connectivity index (χ2v) is 12.1. The van der Waals surface area contributed by atoms with Gasteiger partial charge in [-0.1, -0.05) is 35.3 Å². The number of aromatic nitrogens is 2. The topological polar surface area (TPSA) is 127 Å². The van der Waals surface area contributed by atoms with E-state index in [1.54, 1.807) is 30.5 Å². The van der Waals surface area contributed by atoms with Crippen LogP contribution in [0.4, 0.5) is 4.39 Å². The Balaban J connectivity index is 1.38. The van der Waals surface area contributed by atoms with Crippen molar-refractivity contribution >= 4 is 45.9 Å². The summed E-state index contributed by atoms with van der Waals surface area (Å²) in [5.74, 6) is -1.43. The molecule has 4 N–H and O–H groups in total. The molecule has 1 saturated carbocycles. The van der Waals surface area contributed by atoms with Crippen molar-refractivity contribution < 1.29 is 23.8 Å². The van der Waals surface area contributed by atoms with Gasteiger partial charge in [0, 0.05) is 40.6 Å². The van der Waals surface area contributed by atoms with Gasteiger partial charge in [-0.2, -0.15) is 0 Å². The maximum absolute atomic E-state index is 14.5. The Bertz CT molecular complexity index is 1780. The predicted octanol–water partition coefficient (Wildman–Crippen LogP) is 5.82. The number of hydrogen-bond donors (Lipinski definition) is 3. The Labute approximate surface area is 257 Å². The maximum Gasteiger partial charge on any atom is 0.251 e. The summed E-state index contributed by atoms with van der Waals surface area (Å²) in [7, 11) is 0. The molecule has 6 rings (SSSR count). The minimum atomic E-state index is -1.55. The third kappa shape index (κ3) is 5.64. The third-order valence-corrected chi connectivity index (χ3v) is 8.84. The molecule has 0 spiro atoms. The molecule has 0 bridgehead atoms. The number of nitrogens with zero attached hydrogens (tertiary/aromatic N) is 2. The van der Waals surface area contributed by atoms with Gasteiger partial charge in [0.1, 0.15) is 22.9 Å². The average molecular weight is 624 g/mol. The van der Waals surface area contributed by atoms with Crippen molar-refractivity contribution in [3.63, 3.8) is 0 Å². The number of amides is 2. The van der Waals surface area contributed by atoms with Gasteiger partial charge < -0.3 is 20.9 Å². The molecule has 1 aliphatic heterocycles. The van der Waals surface area contributed by atoms with Crippen molar-refractivity contribution in [3.05, 3.63) is 86.9 Å². The van der Waals surface area contributed by atoms with Crippen LogP contribution in [0.25, 0.3) is 22.2 Å². The molecule has 0 saturated heterocycles. The van der Waals surface area contributed by atoms with Crippen molar-refractivity contribution in [1.29, 1.82) is 0 Å². The number of rotatable bonds is 9. The number of ether oxygens (including phenoxy) is 1. The number of aliphatic hydroxyl groups is 1. The highest BCUT2D eigenvalue weighted by Gasteiger charge is 2.48. The van der Waals surface area contributed by atoms with Gasteiger partial charge in [-0.15, -0.1) is 0 Å². The van der Waals surface area contributed by atoms with Gasteiger partial charge in [-0.25, -0.2) is 9.37 Å². The number of carbonyl (C=O) groups is 2. The van der Waals surface area contributed by atoms with Crippen molar-refractivity contribution in [2.75, 3.05) is 13.2 Å². The number of hydrogen-bond acceptors (Lipinski definition) is 6. The van der Waals surface area contributed by atoms with Gasteiger partial charge >= 0.3 is 0 Å². The third-order valence-electron chi connectivity index (χ3n) is 8.17. The van der Waals surface area contributed by atoms with Crippen LogP contribution >= 0.6 is 23.2 Å². The lowest BCUT2D eigenvalue weighted by molar-refractivity contribution is -0.118. The number of halogens is 3. The highest BCUT2D eigenvalue weighted by Crippen LogP contribution is 2.50. The Morgan fingerprint density at radius 2 is 2.00 bits per heavy atom. The zero-order chi connectivity index (χ0) is 30.5. The van der Waals surface area contributed by atoms with E-state index >= 15 is 0 Å². The van der Waals surface area contributed by atoms with Crippen molar-refractivity contribution in [3.8, 4) is 17.0 Å². The van der Waals surface area contributed by atoms with E-state index in [0.717, 1.165) is 29.4 Å². The number of aryl methyl sites for hydroxylation is 1. The molecule has 1 unspecified atom stereocenters. The standard InChI is InChI=1S/C32H29Cl2FN4O4/c1-16-9-18-10-19(11-23(33)28(18)37-13-16)31(41)38-15-32(42,20-6-7-20)25-12-22-17(5-8-26(36)40)14-43-30(22)29(39-25)21-3-2-4-24(35)27(21)34/h2-4,9-13,17,20,42H,5-8,14-15H2,1H3,(H2,36,40)(H,38,41)/t17-,32?/m1/s1. The second kappa shape index (κ2) is 11.4. The van der Waals surface area contributed by atoms with Crippen LogP contribution < -0.4 is 15.8 Å². The number of carbonyl (C=O) groups excluding carboxylic acids is 2. The summed E-state index contributed by atoms with van der Waals surface area (Å²) in [6, 6.07) is 11.3. The summed E-state index contributed by atoms with van der Waals surface area (Å²) in [4.78, 5) is 34.1. The monoisotopic (exact) mass is 622 g/mol. The molecule has 2 amide bonds. The minimum absolute atomic E-state index is 0.125. The summed E-state index contributed by atoms with van der Waals surface area (Å²) in [5, 5.41) is 16.0. The average Bonchev–Trinajstić information content (AvgIpc) is 3.76. The van der Waals surface area contributed by atoms with Gasteiger partial charge in [0.25, 0.3) is 5.91 Å². The smallest absolute Gasteiger partial charge is 0.251 e. The molecule has 222 valence electrons. The van der Waals surface area contributed by atoms with E-state index in [1.165, 1.54) is 12.1 Å². The van der Waals surface area contributed by atoms with Crippen LogP contribution in [-0.2, 0) is 10.4 Å². The van der Waals surface area contributed by atoms with E-state index in [4.69, 9.17) is 38.7 Å². The second-order valence-electron chi connectivity index (χ2n) is 11.3. The summed E-state index contributed by atoms with van der Waals surface area (Å²) < 4.78 is 20.5. The van der Waals surface area contributed by atoms with E-state index in [9.17, 15) is 19.1 Å². The van der Waals surface area contributed by atoms with Gasteiger partial charge in [0.05, 0.1) is 34.4 Å². The minimum Gasteiger partial charge on any atom is -0.490 e. The predicted molar refractivity (Wildman–Crippen MR) is 162 cm³/mol. The summed E-state index contributed by atoms with van der Waals surface area (Å²) in [6.45, 7) is 2.04. The van der Waals surface area contributed by atoms with Crippen LogP contribution in [0.3, 0.4) is 0 Å². The molecule has 2 aliphatic rings. The van der Waals surface area contributed by atoms with Crippen LogP contribution in [0.1, 0.15) is 58.8 Å². The van der Waals surface area contributed by atoms with Gasteiger partial charge in [0.2, 0.25) is 5.91 Å². The lowest BCUT2D eigenvalue weighted by atomic mass is 9.87. The van der Waals surface area contributed by atoms with Crippen LogP contribution in [-0.4, -0.2) is 40.0 Å². The summed E-state index contributed by atoms with van der Waals surface area (Å²) >= 11 is 12.8. The fourth-order valence-corrected chi connectivity index (χ4v) is 6.19. The molecule has 1 aliphatic carbocycles. The van der Waals surface area contributed by atoms with Crippen molar-refractivity contribution in [1.82, 2.24) is 15.3 Å². The highest BCUT2D eigenvalue weighted by atomic mass is 35.5. The first-order valence-electron chi connectivity index (χ1n) is 14.0. The molecular weight excluding hydrogens is 594 g/mol. The van der Waals surface area contributed by atoms with Crippen molar-refractivity contribution in [2.45, 2.75) is 44.1 Å². The van der Waals surface area contributed by atoms with E-state index in [1.807, 2.05) is 13.0 Å². The zero-order valence-corrected chi connectivity index (χ0v) is 24.8. The first kappa shape index (κ1) is 29.3. The molecule has 2 atom stereocenters.